The second-order valence-electron chi connectivity index (χ2n) is 4.99. The van der Waals surface area contributed by atoms with Gasteiger partial charge in [0.25, 0.3) is 0 Å². The van der Waals surface area contributed by atoms with Crippen LogP contribution in [-0.4, -0.2) is 19.0 Å². The van der Waals surface area contributed by atoms with Crippen LogP contribution in [0.1, 0.15) is 40.0 Å². The molecule has 4 heteroatoms. The van der Waals surface area contributed by atoms with Crippen LogP contribution in [0.4, 0.5) is 0 Å². The highest BCUT2D eigenvalue weighted by atomic mass is 16.1. The smallest absolute Gasteiger partial charge is 0.220 e. The predicted molar refractivity (Wildman–Crippen MR) is 64.5 cm³/mol. The number of nitriles is 1. The van der Waals surface area contributed by atoms with Gasteiger partial charge in [-0.15, -0.1) is 0 Å². The molecule has 4 nitrogen and oxygen atoms in total. The molecule has 0 aromatic rings. The number of nitrogens with one attached hydrogen (secondary N) is 1. The Hall–Kier alpha value is -1.08. The highest BCUT2D eigenvalue weighted by Gasteiger charge is 2.17. The number of carbonyl (C=O) groups is 1. The fourth-order valence-electron chi connectivity index (χ4n) is 1.25. The Labute approximate surface area is 98.2 Å². The van der Waals surface area contributed by atoms with Crippen LogP contribution in [-0.2, 0) is 4.79 Å². The van der Waals surface area contributed by atoms with Crippen molar-refractivity contribution in [1.29, 1.82) is 5.26 Å². The van der Waals surface area contributed by atoms with Crippen LogP contribution in [0.25, 0.3) is 0 Å². The summed E-state index contributed by atoms with van der Waals surface area (Å²) in [6.07, 6.45) is 2.33. The van der Waals surface area contributed by atoms with E-state index >= 15 is 0 Å². The molecular formula is C12H23N3O. The minimum atomic E-state index is -0.488. The highest BCUT2D eigenvalue weighted by Crippen LogP contribution is 2.12. The first-order chi connectivity index (χ1) is 7.41. The van der Waals surface area contributed by atoms with Crippen molar-refractivity contribution in [2.75, 3.05) is 13.1 Å². The topological polar surface area (TPSA) is 78.9 Å². The zero-order valence-corrected chi connectivity index (χ0v) is 10.5. The predicted octanol–water partition coefficient (Wildman–Crippen LogP) is 1.42. The normalized spacial score (nSPS) is 12.9. The van der Waals surface area contributed by atoms with Crippen molar-refractivity contribution in [3.05, 3.63) is 0 Å². The summed E-state index contributed by atoms with van der Waals surface area (Å²) in [6, 6.07) is 2.15. The first-order valence-electron chi connectivity index (χ1n) is 5.79. The van der Waals surface area contributed by atoms with Crippen molar-refractivity contribution in [2.24, 2.45) is 17.1 Å². The van der Waals surface area contributed by atoms with Crippen LogP contribution in [0.3, 0.4) is 0 Å². The Morgan fingerprint density at radius 1 is 1.50 bits per heavy atom. The number of carbonyl (C=O) groups excluding carboxylic acids is 1. The van der Waals surface area contributed by atoms with Gasteiger partial charge < -0.3 is 11.1 Å². The number of hydrogen-bond donors (Lipinski definition) is 2. The van der Waals surface area contributed by atoms with Gasteiger partial charge in [0.2, 0.25) is 5.91 Å². The van der Waals surface area contributed by atoms with E-state index in [1.165, 1.54) is 0 Å². The molecule has 0 saturated carbocycles. The number of nitrogens with two attached hydrogens (primary N) is 1. The van der Waals surface area contributed by atoms with E-state index in [4.69, 9.17) is 11.0 Å². The maximum Gasteiger partial charge on any atom is 0.220 e. The third kappa shape index (κ3) is 7.24. The molecule has 0 heterocycles. The van der Waals surface area contributed by atoms with E-state index in [9.17, 15) is 4.79 Å². The minimum absolute atomic E-state index is 0.0206. The van der Waals surface area contributed by atoms with E-state index in [1.54, 1.807) is 0 Å². The molecule has 3 N–H and O–H groups in total. The lowest BCUT2D eigenvalue weighted by Gasteiger charge is -2.16. The Bertz CT molecular complexity index is 255. The molecule has 92 valence electrons. The van der Waals surface area contributed by atoms with E-state index < -0.39 is 5.41 Å². The van der Waals surface area contributed by atoms with Gasteiger partial charge in [-0.2, -0.15) is 5.26 Å². The fourth-order valence-corrected chi connectivity index (χ4v) is 1.25. The van der Waals surface area contributed by atoms with Gasteiger partial charge in [-0.05, 0) is 39.2 Å². The molecule has 0 fully saturated rings. The average molecular weight is 225 g/mol. The zero-order valence-electron chi connectivity index (χ0n) is 10.5. The molecule has 0 spiro atoms. The van der Waals surface area contributed by atoms with Gasteiger partial charge >= 0.3 is 0 Å². The van der Waals surface area contributed by atoms with Gasteiger partial charge in [-0.25, -0.2) is 0 Å². The molecule has 1 amide bonds. The SMILES string of the molecule is CC(CCN)CCC(=O)NCC(C)(C)C#N. The zero-order chi connectivity index (χ0) is 12.6. The number of rotatable bonds is 7. The lowest BCUT2D eigenvalue weighted by molar-refractivity contribution is -0.121. The summed E-state index contributed by atoms with van der Waals surface area (Å²) in [5.74, 6) is 0.506. The standard InChI is InChI=1S/C12H23N3O/c1-10(6-7-13)4-5-11(16)15-9-12(2,3)8-14/h10H,4-7,9,13H2,1-3H3,(H,15,16). The van der Waals surface area contributed by atoms with Crippen molar-refractivity contribution < 1.29 is 4.79 Å². The van der Waals surface area contributed by atoms with Crippen molar-refractivity contribution in [3.8, 4) is 6.07 Å². The van der Waals surface area contributed by atoms with E-state index in [1.807, 2.05) is 13.8 Å². The van der Waals surface area contributed by atoms with Gasteiger partial charge in [0, 0.05) is 13.0 Å². The molecular weight excluding hydrogens is 202 g/mol. The molecule has 0 bridgehead atoms. The maximum atomic E-state index is 11.5. The summed E-state index contributed by atoms with van der Waals surface area (Å²) in [7, 11) is 0. The van der Waals surface area contributed by atoms with Gasteiger partial charge in [-0.3, -0.25) is 4.79 Å². The molecule has 0 radical (unpaired) electrons. The van der Waals surface area contributed by atoms with E-state index in [0.29, 0.717) is 25.4 Å². The molecule has 16 heavy (non-hydrogen) atoms. The molecule has 0 aliphatic heterocycles. The Kier molecular flexibility index (Phi) is 6.75. The third-order valence-corrected chi connectivity index (χ3v) is 2.55. The fraction of sp³-hybridized carbons (Fsp3) is 0.833. The summed E-state index contributed by atoms with van der Waals surface area (Å²) >= 11 is 0. The van der Waals surface area contributed by atoms with Crippen LogP contribution in [0.5, 0.6) is 0 Å². The number of amides is 1. The molecule has 0 aromatic carbocycles. The van der Waals surface area contributed by atoms with Crippen LogP contribution in [0, 0.1) is 22.7 Å². The summed E-state index contributed by atoms with van der Waals surface area (Å²) in [4.78, 5) is 11.5. The minimum Gasteiger partial charge on any atom is -0.355 e. The van der Waals surface area contributed by atoms with Crippen LogP contribution >= 0.6 is 0 Å². The number of hydrogen-bond acceptors (Lipinski definition) is 3. The van der Waals surface area contributed by atoms with Crippen molar-refractivity contribution in [1.82, 2.24) is 5.32 Å². The first-order valence-corrected chi connectivity index (χ1v) is 5.79. The van der Waals surface area contributed by atoms with E-state index in [2.05, 4.69) is 18.3 Å². The lowest BCUT2D eigenvalue weighted by atomic mass is 9.96. The maximum absolute atomic E-state index is 11.5. The van der Waals surface area contributed by atoms with Crippen molar-refractivity contribution in [2.45, 2.75) is 40.0 Å². The second-order valence-corrected chi connectivity index (χ2v) is 4.99. The average Bonchev–Trinajstić information content (AvgIpc) is 2.24. The molecule has 0 aromatic heterocycles. The van der Waals surface area contributed by atoms with Gasteiger partial charge in [0.15, 0.2) is 0 Å². The molecule has 0 rings (SSSR count). The summed E-state index contributed by atoms with van der Waals surface area (Å²) in [6.45, 7) is 6.80. The highest BCUT2D eigenvalue weighted by molar-refractivity contribution is 5.75. The number of nitrogens with zero attached hydrogens (tertiary/aromatic N) is 1. The van der Waals surface area contributed by atoms with Crippen molar-refractivity contribution >= 4 is 5.91 Å². The molecule has 0 aliphatic rings. The van der Waals surface area contributed by atoms with E-state index in [-0.39, 0.29) is 5.91 Å². The molecule has 1 unspecified atom stereocenters. The van der Waals surface area contributed by atoms with Gasteiger partial charge in [0.05, 0.1) is 11.5 Å². The monoisotopic (exact) mass is 225 g/mol. The van der Waals surface area contributed by atoms with Gasteiger partial charge in [0.1, 0.15) is 0 Å². The Morgan fingerprint density at radius 3 is 2.62 bits per heavy atom. The Morgan fingerprint density at radius 2 is 2.12 bits per heavy atom. The summed E-state index contributed by atoms with van der Waals surface area (Å²) < 4.78 is 0. The summed E-state index contributed by atoms with van der Waals surface area (Å²) in [5.41, 5.74) is 4.95. The lowest BCUT2D eigenvalue weighted by Crippen LogP contribution is -2.33. The summed E-state index contributed by atoms with van der Waals surface area (Å²) in [5, 5.41) is 11.6. The Balaban J connectivity index is 3.72. The van der Waals surface area contributed by atoms with Crippen LogP contribution in [0.2, 0.25) is 0 Å². The van der Waals surface area contributed by atoms with E-state index in [0.717, 1.165) is 12.8 Å². The third-order valence-electron chi connectivity index (χ3n) is 2.55. The van der Waals surface area contributed by atoms with Crippen molar-refractivity contribution in [3.63, 3.8) is 0 Å². The molecule has 0 aliphatic carbocycles. The van der Waals surface area contributed by atoms with Gasteiger partial charge in [-0.1, -0.05) is 6.92 Å². The van der Waals surface area contributed by atoms with Crippen LogP contribution in [0.15, 0.2) is 0 Å². The van der Waals surface area contributed by atoms with Crippen LogP contribution < -0.4 is 11.1 Å². The molecule has 0 saturated heterocycles. The quantitative estimate of drug-likeness (QED) is 0.687. The molecule has 1 atom stereocenters. The largest absolute Gasteiger partial charge is 0.355 e. The second kappa shape index (κ2) is 7.24. The first kappa shape index (κ1) is 14.9.